The van der Waals surface area contributed by atoms with Gasteiger partial charge >= 0.3 is 6.03 Å². The van der Waals surface area contributed by atoms with E-state index in [0.29, 0.717) is 25.2 Å². The lowest BCUT2D eigenvalue weighted by atomic mass is 10.0. The van der Waals surface area contributed by atoms with Crippen molar-refractivity contribution in [3.05, 3.63) is 64.2 Å². The van der Waals surface area contributed by atoms with E-state index in [1.165, 1.54) is 11.1 Å². The molecule has 6 nitrogen and oxygen atoms in total. The fourth-order valence-electron chi connectivity index (χ4n) is 4.36. The number of urea groups is 1. The standard InChI is InChI=1S/C26H29N5O/c1-17-7-5-8-18(2)24(17)29-26(32)31-10-6-9-30(11-12-31)25-22(16-27)15-21-13-19(3)20(4)14-23(21)28-25/h5,7-8,13-15H,6,9-12H2,1-4H3,(H,29,32)/p+1. The van der Waals surface area contributed by atoms with Crippen LogP contribution in [0.1, 0.15) is 34.2 Å². The van der Waals surface area contributed by atoms with Crippen LogP contribution in [0.5, 0.6) is 0 Å². The Morgan fingerprint density at radius 2 is 1.69 bits per heavy atom. The molecule has 2 heterocycles. The molecule has 0 saturated carbocycles. The van der Waals surface area contributed by atoms with Gasteiger partial charge in [-0.2, -0.15) is 5.26 Å². The molecule has 1 aliphatic heterocycles. The summed E-state index contributed by atoms with van der Waals surface area (Å²) < 4.78 is 0. The van der Waals surface area contributed by atoms with Gasteiger partial charge in [-0.25, -0.2) is 9.78 Å². The highest BCUT2D eigenvalue weighted by Crippen LogP contribution is 2.24. The van der Waals surface area contributed by atoms with E-state index >= 15 is 0 Å². The Kier molecular flexibility index (Phi) is 6.00. The summed E-state index contributed by atoms with van der Waals surface area (Å²) in [6, 6.07) is 14.5. The van der Waals surface area contributed by atoms with Gasteiger partial charge in [0.2, 0.25) is 0 Å². The van der Waals surface area contributed by atoms with Crippen molar-refractivity contribution in [2.24, 2.45) is 0 Å². The van der Waals surface area contributed by atoms with Crippen LogP contribution in [0.4, 0.5) is 16.3 Å². The Balaban J connectivity index is 1.54. The van der Waals surface area contributed by atoms with E-state index < -0.39 is 0 Å². The number of anilines is 2. The summed E-state index contributed by atoms with van der Waals surface area (Å²) in [6.07, 6.45) is 0.837. The molecular formula is C26H30N5O+. The van der Waals surface area contributed by atoms with Crippen molar-refractivity contribution in [1.82, 2.24) is 4.90 Å². The number of nitriles is 1. The molecule has 4 rings (SSSR count). The number of carbonyl (C=O) groups excluding carboxylic acids is 1. The van der Waals surface area contributed by atoms with Crippen molar-refractivity contribution < 1.29 is 9.78 Å². The highest BCUT2D eigenvalue weighted by Gasteiger charge is 2.27. The van der Waals surface area contributed by atoms with Crippen LogP contribution >= 0.6 is 0 Å². The smallest absolute Gasteiger partial charge is 0.320 e. The predicted octanol–water partition coefficient (Wildman–Crippen LogP) is 4.50. The predicted molar refractivity (Wildman–Crippen MR) is 128 cm³/mol. The molecule has 0 atom stereocenters. The highest BCUT2D eigenvalue weighted by molar-refractivity contribution is 5.91. The van der Waals surface area contributed by atoms with Crippen LogP contribution < -0.4 is 15.2 Å². The number of carbonyl (C=O) groups is 1. The average Bonchev–Trinajstić information content (AvgIpc) is 3.02. The lowest BCUT2D eigenvalue weighted by Crippen LogP contribution is -2.39. The van der Waals surface area contributed by atoms with E-state index in [1.54, 1.807) is 0 Å². The second-order valence-corrected chi connectivity index (χ2v) is 8.69. The first-order valence-corrected chi connectivity index (χ1v) is 11.1. The number of aromatic amines is 1. The molecule has 1 aromatic heterocycles. The fraction of sp³-hybridized carbons (Fsp3) is 0.346. The summed E-state index contributed by atoms with van der Waals surface area (Å²) >= 11 is 0. The average molecular weight is 429 g/mol. The molecule has 2 amide bonds. The van der Waals surface area contributed by atoms with Crippen LogP contribution in [-0.4, -0.2) is 37.1 Å². The highest BCUT2D eigenvalue weighted by atomic mass is 16.2. The normalized spacial score (nSPS) is 14.2. The maximum absolute atomic E-state index is 13.0. The number of hydrogen-bond acceptors (Lipinski definition) is 3. The topological polar surface area (TPSA) is 73.5 Å². The van der Waals surface area contributed by atoms with Gasteiger partial charge in [-0.15, -0.1) is 0 Å². The maximum atomic E-state index is 13.0. The van der Waals surface area contributed by atoms with E-state index in [1.807, 2.05) is 43.0 Å². The van der Waals surface area contributed by atoms with Crippen molar-refractivity contribution in [2.75, 3.05) is 36.4 Å². The summed E-state index contributed by atoms with van der Waals surface area (Å²) in [5.74, 6) is 0.834. The molecule has 2 N–H and O–H groups in total. The lowest BCUT2D eigenvalue weighted by Gasteiger charge is -2.22. The Labute approximate surface area is 189 Å². The van der Waals surface area contributed by atoms with Crippen LogP contribution in [0, 0.1) is 39.0 Å². The molecule has 0 aliphatic carbocycles. The Hall–Kier alpha value is -3.59. The first-order valence-electron chi connectivity index (χ1n) is 11.1. The molecule has 0 spiro atoms. The van der Waals surface area contributed by atoms with Crippen molar-refractivity contribution >= 4 is 28.4 Å². The number of benzene rings is 2. The minimum Gasteiger partial charge on any atom is -0.320 e. The summed E-state index contributed by atoms with van der Waals surface area (Å²) in [5, 5.41) is 13.9. The number of fused-ring (bicyclic) bond motifs is 1. The zero-order valence-electron chi connectivity index (χ0n) is 19.2. The molecule has 0 bridgehead atoms. The molecule has 3 aromatic rings. The fourth-order valence-corrected chi connectivity index (χ4v) is 4.36. The van der Waals surface area contributed by atoms with Gasteiger partial charge in [0.05, 0.1) is 13.1 Å². The Morgan fingerprint density at radius 1 is 0.969 bits per heavy atom. The van der Waals surface area contributed by atoms with E-state index in [9.17, 15) is 10.1 Å². The van der Waals surface area contributed by atoms with Gasteiger partial charge in [-0.3, -0.25) is 4.90 Å². The number of pyridine rings is 1. The van der Waals surface area contributed by atoms with Crippen LogP contribution in [0.3, 0.4) is 0 Å². The quantitative estimate of drug-likeness (QED) is 0.653. The van der Waals surface area contributed by atoms with E-state index in [-0.39, 0.29) is 6.03 Å². The second-order valence-electron chi connectivity index (χ2n) is 8.69. The number of H-pyrrole nitrogens is 1. The molecule has 6 heteroatoms. The Bertz CT molecular complexity index is 1210. The van der Waals surface area contributed by atoms with E-state index in [4.69, 9.17) is 0 Å². The first-order chi connectivity index (χ1) is 15.4. The van der Waals surface area contributed by atoms with Crippen molar-refractivity contribution in [2.45, 2.75) is 34.1 Å². The molecule has 32 heavy (non-hydrogen) atoms. The number of hydrogen-bond donors (Lipinski definition) is 1. The molecule has 0 unspecified atom stereocenters. The van der Waals surface area contributed by atoms with Gasteiger partial charge in [0.15, 0.2) is 0 Å². The third-order valence-electron chi connectivity index (χ3n) is 6.41. The monoisotopic (exact) mass is 428 g/mol. The summed E-state index contributed by atoms with van der Waals surface area (Å²) in [7, 11) is 0. The van der Waals surface area contributed by atoms with Crippen LogP contribution in [0.25, 0.3) is 10.9 Å². The van der Waals surface area contributed by atoms with Gasteiger partial charge < -0.3 is 10.2 Å². The van der Waals surface area contributed by atoms with Gasteiger partial charge in [0, 0.05) is 24.0 Å². The number of aromatic nitrogens is 1. The van der Waals surface area contributed by atoms with Crippen LogP contribution in [-0.2, 0) is 0 Å². The van der Waals surface area contributed by atoms with Crippen molar-refractivity contribution in [1.29, 1.82) is 5.26 Å². The number of aryl methyl sites for hydroxylation is 4. The maximum Gasteiger partial charge on any atom is 0.321 e. The van der Waals surface area contributed by atoms with Gasteiger partial charge in [-0.05, 0) is 68.1 Å². The SMILES string of the molecule is Cc1cc2cc(C#N)c(N3CCCN(C(=O)Nc4c(C)cccc4C)CC3)[nH+]c2cc1C. The molecule has 0 radical (unpaired) electrons. The summed E-state index contributed by atoms with van der Waals surface area (Å²) in [4.78, 5) is 20.5. The molecule has 1 fully saturated rings. The van der Waals surface area contributed by atoms with E-state index in [0.717, 1.165) is 46.5 Å². The Morgan fingerprint density at radius 3 is 2.41 bits per heavy atom. The zero-order chi connectivity index (χ0) is 22.8. The van der Waals surface area contributed by atoms with Crippen molar-refractivity contribution in [3.8, 4) is 6.07 Å². The van der Waals surface area contributed by atoms with Gasteiger partial charge in [0.1, 0.15) is 23.7 Å². The number of nitrogens with one attached hydrogen (secondary N) is 2. The summed E-state index contributed by atoms with van der Waals surface area (Å²) in [6.45, 7) is 10.9. The molecule has 164 valence electrons. The zero-order valence-corrected chi connectivity index (χ0v) is 19.2. The third kappa shape index (κ3) is 4.24. The van der Waals surface area contributed by atoms with Crippen molar-refractivity contribution in [3.63, 3.8) is 0 Å². The van der Waals surface area contributed by atoms with Gasteiger partial charge in [-0.1, -0.05) is 18.2 Å². The minimum absolute atomic E-state index is 0.0710. The number of rotatable bonds is 2. The summed E-state index contributed by atoms with van der Waals surface area (Å²) in [5.41, 5.74) is 7.09. The first kappa shape index (κ1) is 21.6. The third-order valence-corrected chi connectivity index (χ3v) is 6.41. The minimum atomic E-state index is -0.0710. The number of nitrogens with zero attached hydrogens (tertiary/aromatic N) is 3. The number of para-hydroxylation sites is 1. The van der Waals surface area contributed by atoms with Crippen LogP contribution in [0.2, 0.25) is 0 Å². The molecule has 1 saturated heterocycles. The lowest BCUT2D eigenvalue weighted by molar-refractivity contribution is -0.330. The number of amides is 2. The van der Waals surface area contributed by atoms with Crippen LogP contribution in [0.15, 0.2) is 36.4 Å². The molecule has 1 aliphatic rings. The van der Waals surface area contributed by atoms with Gasteiger partial charge in [0.25, 0.3) is 5.82 Å². The largest absolute Gasteiger partial charge is 0.321 e. The van der Waals surface area contributed by atoms with E-state index in [2.05, 4.69) is 47.3 Å². The second kappa shape index (κ2) is 8.88. The molecule has 2 aromatic carbocycles. The molecular weight excluding hydrogens is 398 g/mol.